The number of nitrogens with zero attached hydrogens (tertiary/aromatic N) is 4. The molecule has 7 heteroatoms. The second kappa shape index (κ2) is 7.07. The van der Waals surface area contributed by atoms with Crippen molar-refractivity contribution in [2.75, 3.05) is 19.6 Å². The molecule has 4 rings (SSSR count). The molecule has 1 fully saturated rings. The highest BCUT2D eigenvalue weighted by Gasteiger charge is 2.26. The monoisotopic (exact) mass is 355 g/mol. The highest BCUT2D eigenvalue weighted by Crippen LogP contribution is 2.16. The van der Waals surface area contributed by atoms with Gasteiger partial charge in [0.05, 0.1) is 6.54 Å². The first-order valence-electron chi connectivity index (χ1n) is 9.33. The van der Waals surface area contributed by atoms with Crippen molar-refractivity contribution in [1.29, 1.82) is 0 Å². The quantitative estimate of drug-likeness (QED) is 0.892. The number of rotatable bonds is 3. The summed E-state index contributed by atoms with van der Waals surface area (Å²) >= 11 is 0. The van der Waals surface area contributed by atoms with Crippen LogP contribution in [-0.2, 0) is 19.6 Å². The van der Waals surface area contributed by atoms with Gasteiger partial charge in [0.15, 0.2) is 0 Å². The van der Waals surface area contributed by atoms with Crippen LogP contribution in [0.1, 0.15) is 34.6 Å². The van der Waals surface area contributed by atoms with Gasteiger partial charge < -0.3 is 19.4 Å². The molecule has 1 atom stereocenters. The van der Waals surface area contributed by atoms with Gasteiger partial charge in [-0.05, 0) is 50.4 Å². The second-order valence-corrected chi connectivity index (χ2v) is 7.31. The van der Waals surface area contributed by atoms with E-state index in [1.807, 2.05) is 25.4 Å². The number of imidazole rings is 1. The molecule has 1 amide bonds. The van der Waals surface area contributed by atoms with Gasteiger partial charge in [-0.1, -0.05) is 0 Å². The van der Waals surface area contributed by atoms with Crippen LogP contribution in [0.5, 0.6) is 0 Å². The van der Waals surface area contributed by atoms with E-state index < -0.39 is 0 Å². The Morgan fingerprint density at radius 2 is 2.23 bits per heavy atom. The fourth-order valence-corrected chi connectivity index (χ4v) is 3.93. The van der Waals surface area contributed by atoms with Gasteiger partial charge in [0.2, 0.25) is 0 Å². The van der Waals surface area contributed by atoms with Crippen molar-refractivity contribution >= 4 is 5.91 Å². The number of carbonyl (C=O) groups is 1. The van der Waals surface area contributed by atoms with E-state index in [1.165, 1.54) is 0 Å². The Hall–Kier alpha value is -2.41. The lowest BCUT2D eigenvalue weighted by Crippen LogP contribution is -2.42. The number of piperidine rings is 1. The van der Waals surface area contributed by atoms with Crippen LogP contribution < -0.4 is 10.9 Å². The summed E-state index contributed by atoms with van der Waals surface area (Å²) in [5.74, 6) is 1.12. The number of aromatic nitrogens is 3. The van der Waals surface area contributed by atoms with Gasteiger partial charge in [-0.25, -0.2) is 4.98 Å². The fourth-order valence-electron chi connectivity index (χ4n) is 3.93. The Balaban J connectivity index is 1.58. The van der Waals surface area contributed by atoms with Gasteiger partial charge in [0.25, 0.3) is 11.5 Å². The zero-order valence-electron chi connectivity index (χ0n) is 15.1. The van der Waals surface area contributed by atoms with E-state index in [9.17, 15) is 9.59 Å². The topological polar surface area (TPSA) is 72.2 Å². The highest BCUT2D eigenvalue weighted by atomic mass is 16.2. The maximum atomic E-state index is 13.1. The zero-order valence-corrected chi connectivity index (χ0v) is 15.1. The standard InChI is InChI=1S/C19H25N5O2/c1-14-4-7-23(12-15-3-2-5-20-11-15)18(25)17(14)19(26)24-10-9-22-8-6-21-16(22)13-24/h4,6-8,15,20H,2-3,5,9-13H2,1H3. The van der Waals surface area contributed by atoms with Gasteiger partial charge in [-0.2, -0.15) is 0 Å². The predicted molar refractivity (Wildman–Crippen MR) is 98.0 cm³/mol. The molecule has 7 nitrogen and oxygen atoms in total. The Kier molecular flexibility index (Phi) is 4.63. The molecule has 1 unspecified atom stereocenters. The summed E-state index contributed by atoms with van der Waals surface area (Å²) in [5, 5.41) is 3.38. The van der Waals surface area contributed by atoms with Crippen molar-refractivity contribution in [3.63, 3.8) is 0 Å². The lowest BCUT2D eigenvalue weighted by Gasteiger charge is -2.28. The molecule has 2 aliphatic heterocycles. The van der Waals surface area contributed by atoms with Crippen molar-refractivity contribution in [3.05, 3.63) is 52.0 Å². The van der Waals surface area contributed by atoms with Crippen molar-refractivity contribution in [1.82, 2.24) is 24.3 Å². The van der Waals surface area contributed by atoms with Crippen LogP contribution in [0, 0.1) is 12.8 Å². The zero-order chi connectivity index (χ0) is 18.1. The number of nitrogens with one attached hydrogen (secondary N) is 1. The molecule has 0 saturated carbocycles. The molecule has 2 aromatic rings. The van der Waals surface area contributed by atoms with Gasteiger partial charge >= 0.3 is 0 Å². The van der Waals surface area contributed by atoms with E-state index in [4.69, 9.17) is 0 Å². The van der Waals surface area contributed by atoms with Crippen molar-refractivity contribution < 1.29 is 4.79 Å². The molecule has 138 valence electrons. The number of aryl methyl sites for hydroxylation is 1. The van der Waals surface area contributed by atoms with Crippen LogP contribution in [0.3, 0.4) is 0 Å². The molecular formula is C19H25N5O2. The summed E-state index contributed by atoms with van der Waals surface area (Å²) < 4.78 is 3.76. The largest absolute Gasteiger partial charge is 0.332 e. The van der Waals surface area contributed by atoms with Gasteiger partial charge in [0.1, 0.15) is 11.4 Å². The van der Waals surface area contributed by atoms with Crippen molar-refractivity contribution in [2.24, 2.45) is 5.92 Å². The van der Waals surface area contributed by atoms with Crippen molar-refractivity contribution in [2.45, 2.75) is 39.4 Å². The third kappa shape index (κ3) is 3.19. The summed E-state index contributed by atoms with van der Waals surface area (Å²) in [7, 11) is 0. The third-order valence-corrected chi connectivity index (χ3v) is 5.47. The summed E-state index contributed by atoms with van der Waals surface area (Å²) in [6.07, 6.45) is 7.76. The Bertz CT molecular complexity index is 863. The lowest BCUT2D eigenvalue weighted by molar-refractivity contribution is 0.0704. The molecule has 1 N–H and O–H groups in total. The smallest absolute Gasteiger partial charge is 0.263 e. The van der Waals surface area contributed by atoms with Crippen LogP contribution in [-0.4, -0.2) is 44.6 Å². The predicted octanol–water partition coefficient (Wildman–Crippen LogP) is 1.01. The van der Waals surface area contributed by atoms with E-state index in [0.717, 1.165) is 43.9 Å². The van der Waals surface area contributed by atoms with Crippen LogP contribution in [0.2, 0.25) is 0 Å². The second-order valence-electron chi connectivity index (χ2n) is 7.31. The summed E-state index contributed by atoms with van der Waals surface area (Å²) in [6, 6.07) is 1.88. The maximum Gasteiger partial charge on any atom is 0.263 e. The van der Waals surface area contributed by atoms with E-state index in [1.54, 1.807) is 15.7 Å². The molecule has 0 radical (unpaired) electrons. The first-order valence-corrected chi connectivity index (χ1v) is 9.33. The average molecular weight is 355 g/mol. The molecule has 0 spiro atoms. The number of hydrogen-bond acceptors (Lipinski definition) is 4. The van der Waals surface area contributed by atoms with E-state index >= 15 is 0 Å². The number of hydrogen-bond donors (Lipinski definition) is 1. The molecular weight excluding hydrogens is 330 g/mol. The number of carbonyl (C=O) groups excluding carboxylic acids is 1. The molecule has 4 heterocycles. The minimum Gasteiger partial charge on any atom is -0.332 e. The average Bonchev–Trinajstić information content (AvgIpc) is 3.12. The van der Waals surface area contributed by atoms with Gasteiger partial charge in [0, 0.05) is 38.2 Å². The molecule has 0 aromatic carbocycles. The highest BCUT2D eigenvalue weighted by molar-refractivity contribution is 5.95. The van der Waals surface area contributed by atoms with Gasteiger partial charge in [-0.15, -0.1) is 0 Å². The van der Waals surface area contributed by atoms with Crippen LogP contribution in [0.25, 0.3) is 0 Å². The molecule has 0 aliphatic carbocycles. The fraction of sp³-hybridized carbons (Fsp3) is 0.526. The molecule has 0 bridgehead atoms. The maximum absolute atomic E-state index is 13.1. The summed E-state index contributed by atoms with van der Waals surface area (Å²) in [4.78, 5) is 32.1. The first kappa shape index (κ1) is 17.0. The SMILES string of the molecule is Cc1ccn(CC2CCCNC2)c(=O)c1C(=O)N1CCn2ccnc2C1. The molecule has 2 aliphatic rings. The Morgan fingerprint density at radius 1 is 1.35 bits per heavy atom. The molecule has 2 aromatic heterocycles. The van der Waals surface area contributed by atoms with E-state index in [-0.39, 0.29) is 11.5 Å². The minimum atomic E-state index is -0.183. The lowest BCUT2D eigenvalue weighted by atomic mass is 9.99. The Labute approximate surface area is 152 Å². The van der Waals surface area contributed by atoms with Crippen molar-refractivity contribution in [3.8, 4) is 0 Å². The van der Waals surface area contributed by atoms with Crippen LogP contribution in [0.4, 0.5) is 0 Å². The van der Waals surface area contributed by atoms with E-state index in [2.05, 4.69) is 14.9 Å². The molecule has 1 saturated heterocycles. The minimum absolute atomic E-state index is 0.172. The Morgan fingerprint density at radius 3 is 3.04 bits per heavy atom. The number of pyridine rings is 1. The first-order chi connectivity index (χ1) is 12.6. The van der Waals surface area contributed by atoms with E-state index in [0.29, 0.717) is 31.1 Å². The summed E-state index contributed by atoms with van der Waals surface area (Å²) in [5.41, 5.74) is 0.873. The van der Waals surface area contributed by atoms with Crippen LogP contribution in [0.15, 0.2) is 29.5 Å². The van der Waals surface area contributed by atoms with Crippen LogP contribution >= 0.6 is 0 Å². The van der Waals surface area contributed by atoms with Gasteiger partial charge in [-0.3, -0.25) is 9.59 Å². The third-order valence-electron chi connectivity index (χ3n) is 5.47. The molecule has 26 heavy (non-hydrogen) atoms. The normalized spacial score (nSPS) is 20.0. The number of amides is 1. The summed E-state index contributed by atoms with van der Waals surface area (Å²) in [6.45, 7) is 6.25. The number of fused-ring (bicyclic) bond motifs is 1.